The van der Waals surface area contributed by atoms with Gasteiger partial charge < -0.3 is 16.0 Å². The number of nitrogens with zero attached hydrogens (tertiary/aromatic N) is 5. The van der Waals surface area contributed by atoms with Gasteiger partial charge in [-0.2, -0.15) is 0 Å². The SMILES string of the molecule is CNc1ccc(C#Cc2c(C)nc(N)nc2-c2ccc(C(=O)N3CCN(C(C)C)CC3)cc2F)cn1. The molecule has 3 heterocycles. The molecule has 0 unspecified atom stereocenters. The molecule has 1 amide bonds. The van der Waals surface area contributed by atoms with E-state index in [4.69, 9.17) is 5.73 Å². The van der Waals surface area contributed by atoms with E-state index in [0.29, 0.717) is 41.5 Å². The van der Waals surface area contributed by atoms with Crippen molar-refractivity contribution >= 4 is 17.7 Å². The van der Waals surface area contributed by atoms with Crippen LogP contribution in [0.25, 0.3) is 11.3 Å². The largest absolute Gasteiger partial charge is 0.373 e. The molecule has 0 aliphatic carbocycles. The number of nitrogens with two attached hydrogens (primary N) is 1. The van der Waals surface area contributed by atoms with E-state index in [0.717, 1.165) is 18.9 Å². The van der Waals surface area contributed by atoms with Crippen molar-refractivity contribution in [3.05, 3.63) is 64.7 Å². The van der Waals surface area contributed by atoms with Gasteiger partial charge in [-0.1, -0.05) is 11.8 Å². The first-order valence-corrected chi connectivity index (χ1v) is 11.9. The van der Waals surface area contributed by atoms with Gasteiger partial charge in [0.05, 0.1) is 17.0 Å². The van der Waals surface area contributed by atoms with Crippen molar-refractivity contribution in [2.24, 2.45) is 0 Å². The highest BCUT2D eigenvalue weighted by Gasteiger charge is 2.24. The van der Waals surface area contributed by atoms with E-state index in [1.165, 1.54) is 6.07 Å². The van der Waals surface area contributed by atoms with Crippen LogP contribution in [0.5, 0.6) is 0 Å². The smallest absolute Gasteiger partial charge is 0.254 e. The second-order valence-corrected chi connectivity index (χ2v) is 8.94. The van der Waals surface area contributed by atoms with E-state index >= 15 is 4.39 Å². The molecule has 0 atom stereocenters. The summed E-state index contributed by atoms with van der Waals surface area (Å²) in [6.07, 6.45) is 1.65. The highest BCUT2D eigenvalue weighted by molar-refractivity contribution is 5.95. The number of anilines is 2. The molecule has 0 spiro atoms. The van der Waals surface area contributed by atoms with Crippen molar-refractivity contribution in [1.82, 2.24) is 24.8 Å². The molecule has 36 heavy (non-hydrogen) atoms. The fraction of sp³-hybridized carbons (Fsp3) is 0.333. The van der Waals surface area contributed by atoms with E-state index in [9.17, 15) is 4.79 Å². The van der Waals surface area contributed by atoms with Crippen molar-refractivity contribution in [3.63, 3.8) is 0 Å². The number of carbonyl (C=O) groups is 1. The van der Waals surface area contributed by atoms with Gasteiger partial charge in [-0.15, -0.1) is 0 Å². The van der Waals surface area contributed by atoms with Crippen molar-refractivity contribution in [1.29, 1.82) is 0 Å². The van der Waals surface area contributed by atoms with Gasteiger partial charge in [0.25, 0.3) is 5.91 Å². The average molecular weight is 488 g/mol. The Hall–Kier alpha value is -4.03. The summed E-state index contributed by atoms with van der Waals surface area (Å²) in [7, 11) is 1.79. The number of rotatable bonds is 4. The Balaban J connectivity index is 1.63. The summed E-state index contributed by atoms with van der Waals surface area (Å²) in [5.74, 6) is 6.10. The molecular weight excluding hydrogens is 457 g/mol. The number of benzene rings is 1. The second-order valence-electron chi connectivity index (χ2n) is 8.94. The predicted molar refractivity (Wildman–Crippen MR) is 139 cm³/mol. The number of hydrogen-bond donors (Lipinski definition) is 2. The third-order valence-corrected chi connectivity index (χ3v) is 6.26. The van der Waals surface area contributed by atoms with E-state index in [2.05, 4.69) is 50.9 Å². The fourth-order valence-electron chi connectivity index (χ4n) is 4.15. The number of halogens is 1. The van der Waals surface area contributed by atoms with Gasteiger partial charge in [0.15, 0.2) is 0 Å². The lowest BCUT2D eigenvalue weighted by molar-refractivity contribution is 0.0595. The average Bonchev–Trinajstić information content (AvgIpc) is 2.87. The van der Waals surface area contributed by atoms with Gasteiger partial charge in [-0.25, -0.2) is 19.3 Å². The van der Waals surface area contributed by atoms with Crippen LogP contribution in [0.15, 0.2) is 36.5 Å². The van der Waals surface area contributed by atoms with Crippen LogP contribution in [-0.4, -0.2) is 69.9 Å². The van der Waals surface area contributed by atoms with Gasteiger partial charge >= 0.3 is 0 Å². The maximum atomic E-state index is 15.4. The number of hydrogen-bond acceptors (Lipinski definition) is 7. The summed E-state index contributed by atoms with van der Waals surface area (Å²) in [6, 6.07) is 8.53. The molecule has 2 aromatic heterocycles. The summed E-state index contributed by atoms with van der Waals surface area (Å²) in [4.78, 5) is 29.9. The number of pyridine rings is 1. The normalized spacial score (nSPS) is 13.9. The molecule has 0 bridgehead atoms. The highest BCUT2D eigenvalue weighted by atomic mass is 19.1. The third kappa shape index (κ3) is 5.44. The van der Waals surface area contributed by atoms with Gasteiger partial charge in [-0.05, 0) is 51.1 Å². The molecular formula is C27H30FN7O. The van der Waals surface area contributed by atoms with Crippen molar-refractivity contribution < 1.29 is 9.18 Å². The highest BCUT2D eigenvalue weighted by Crippen LogP contribution is 2.28. The van der Waals surface area contributed by atoms with Crippen LogP contribution in [0, 0.1) is 24.6 Å². The summed E-state index contributed by atoms with van der Waals surface area (Å²) < 4.78 is 15.4. The lowest BCUT2D eigenvalue weighted by atomic mass is 10.0. The Morgan fingerprint density at radius 3 is 2.47 bits per heavy atom. The minimum atomic E-state index is -0.567. The predicted octanol–water partition coefficient (Wildman–Crippen LogP) is 3.18. The molecule has 1 aliphatic heterocycles. The first kappa shape index (κ1) is 25.1. The molecule has 8 nitrogen and oxygen atoms in total. The van der Waals surface area contributed by atoms with Crippen LogP contribution < -0.4 is 11.1 Å². The maximum absolute atomic E-state index is 15.4. The zero-order chi connectivity index (χ0) is 25.8. The van der Waals surface area contributed by atoms with Gasteiger partial charge in [0, 0.05) is 62.2 Å². The number of piperazine rings is 1. The van der Waals surface area contributed by atoms with E-state index in [1.54, 1.807) is 37.2 Å². The molecule has 0 saturated carbocycles. The van der Waals surface area contributed by atoms with Gasteiger partial charge in [0.2, 0.25) is 5.95 Å². The van der Waals surface area contributed by atoms with E-state index in [1.807, 2.05) is 12.1 Å². The van der Waals surface area contributed by atoms with Gasteiger partial charge in [-0.3, -0.25) is 9.69 Å². The van der Waals surface area contributed by atoms with Crippen molar-refractivity contribution in [2.45, 2.75) is 26.8 Å². The molecule has 4 rings (SSSR count). The molecule has 186 valence electrons. The summed E-state index contributed by atoms with van der Waals surface area (Å²) in [5, 5.41) is 2.96. The molecule has 1 aliphatic rings. The van der Waals surface area contributed by atoms with Crippen molar-refractivity contribution in [3.8, 4) is 23.1 Å². The molecule has 0 radical (unpaired) electrons. The first-order chi connectivity index (χ1) is 17.3. The zero-order valence-corrected chi connectivity index (χ0v) is 21.0. The molecule has 3 N–H and O–H groups in total. The van der Waals surface area contributed by atoms with Crippen LogP contribution in [0.1, 0.15) is 41.0 Å². The lowest BCUT2D eigenvalue weighted by Gasteiger charge is -2.37. The van der Waals surface area contributed by atoms with Crippen LogP contribution in [0.3, 0.4) is 0 Å². The van der Waals surface area contributed by atoms with Crippen LogP contribution >= 0.6 is 0 Å². The molecule has 9 heteroatoms. The quantitative estimate of drug-likeness (QED) is 0.545. The topological polar surface area (TPSA) is 100 Å². The van der Waals surface area contributed by atoms with Crippen molar-refractivity contribution in [2.75, 3.05) is 44.3 Å². The Labute approximate surface area is 210 Å². The molecule has 1 fully saturated rings. The summed E-state index contributed by atoms with van der Waals surface area (Å²) in [6.45, 7) is 8.88. The zero-order valence-electron chi connectivity index (χ0n) is 21.0. The second kappa shape index (κ2) is 10.7. The van der Waals surface area contributed by atoms with Crippen LogP contribution in [0.2, 0.25) is 0 Å². The monoisotopic (exact) mass is 487 g/mol. The summed E-state index contributed by atoms with van der Waals surface area (Å²) in [5.41, 5.74) is 8.37. The number of nitrogen functional groups attached to an aromatic ring is 1. The number of aromatic nitrogens is 3. The Morgan fingerprint density at radius 1 is 1.11 bits per heavy atom. The third-order valence-electron chi connectivity index (χ3n) is 6.26. The maximum Gasteiger partial charge on any atom is 0.254 e. The Kier molecular flexibility index (Phi) is 7.46. The number of aryl methyl sites for hydroxylation is 1. The fourth-order valence-corrected chi connectivity index (χ4v) is 4.15. The van der Waals surface area contributed by atoms with E-state index in [-0.39, 0.29) is 23.1 Å². The van der Waals surface area contributed by atoms with Crippen LogP contribution in [0.4, 0.5) is 16.2 Å². The molecule has 1 saturated heterocycles. The Morgan fingerprint density at radius 2 is 1.86 bits per heavy atom. The Bertz CT molecular complexity index is 1320. The first-order valence-electron chi connectivity index (χ1n) is 11.9. The molecule has 3 aromatic rings. The number of amides is 1. The minimum absolute atomic E-state index is 0.0238. The van der Waals surface area contributed by atoms with E-state index < -0.39 is 5.82 Å². The summed E-state index contributed by atoms with van der Waals surface area (Å²) >= 11 is 0. The molecule has 1 aromatic carbocycles. The number of carbonyl (C=O) groups excluding carboxylic acids is 1. The number of nitrogens with one attached hydrogen (secondary N) is 1. The van der Waals surface area contributed by atoms with Crippen LogP contribution in [-0.2, 0) is 0 Å². The standard InChI is InChI=1S/C27H30FN7O/c1-17(2)34-11-13-35(14-12-34)26(36)20-7-9-22(23(28)15-20)25-21(18(3)32-27(29)33-25)8-5-19-6-10-24(30-4)31-16-19/h6-7,9-10,15-17H,11-14H2,1-4H3,(H,30,31)(H2,29,32,33). The van der Waals surface area contributed by atoms with Gasteiger partial charge in [0.1, 0.15) is 11.6 Å². The minimum Gasteiger partial charge on any atom is -0.373 e. The lowest BCUT2D eigenvalue weighted by Crippen LogP contribution is -2.50.